The number of nitrogens with two attached hydrogens (primary N) is 1. The molecule has 3 nitrogen and oxygen atoms in total. The molecule has 0 atom stereocenters. The van der Waals surface area contributed by atoms with Crippen LogP contribution in [0.15, 0.2) is 36.4 Å². The zero-order valence-corrected chi connectivity index (χ0v) is 11.0. The fourth-order valence-electron chi connectivity index (χ4n) is 1.92. The highest BCUT2D eigenvalue weighted by molar-refractivity contribution is 5.73. The van der Waals surface area contributed by atoms with Gasteiger partial charge in [-0.1, -0.05) is 6.92 Å². The van der Waals surface area contributed by atoms with Crippen LogP contribution in [0.3, 0.4) is 0 Å². The molecule has 3 N–H and O–H groups in total. The Labute approximate surface area is 112 Å². The minimum absolute atomic E-state index is 0.319. The van der Waals surface area contributed by atoms with Crippen LogP contribution >= 0.6 is 0 Å². The van der Waals surface area contributed by atoms with Crippen molar-refractivity contribution < 1.29 is 9.13 Å². The number of aryl methyl sites for hydroxylation is 1. The molecule has 2 aromatic rings. The average molecular weight is 260 g/mol. The molecule has 2 aromatic carbocycles. The molecule has 0 bridgehead atoms. The molecule has 0 aliphatic carbocycles. The summed E-state index contributed by atoms with van der Waals surface area (Å²) in [5, 5.41) is 3.12. The lowest BCUT2D eigenvalue weighted by atomic mass is 10.1. The van der Waals surface area contributed by atoms with Gasteiger partial charge in [-0.05, 0) is 48.4 Å². The molecular formula is C15H17FN2O. The van der Waals surface area contributed by atoms with Crippen molar-refractivity contribution in [2.45, 2.75) is 13.3 Å². The second-order valence-corrected chi connectivity index (χ2v) is 4.24. The minimum Gasteiger partial charge on any atom is -0.496 e. The molecule has 0 radical (unpaired) electrons. The number of benzene rings is 2. The summed E-state index contributed by atoms with van der Waals surface area (Å²) < 4.78 is 18.5. The minimum atomic E-state index is -0.319. The van der Waals surface area contributed by atoms with Gasteiger partial charge in [0.05, 0.1) is 18.5 Å². The quantitative estimate of drug-likeness (QED) is 0.823. The number of hydrogen-bond donors (Lipinski definition) is 2. The van der Waals surface area contributed by atoms with Crippen LogP contribution < -0.4 is 15.8 Å². The summed E-state index contributed by atoms with van der Waals surface area (Å²) in [6.07, 6.45) is 0.858. The lowest BCUT2D eigenvalue weighted by Crippen LogP contribution is -1.98. The fourth-order valence-corrected chi connectivity index (χ4v) is 1.92. The number of nitrogens with one attached hydrogen (secondary N) is 1. The highest BCUT2D eigenvalue weighted by atomic mass is 19.1. The molecule has 0 saturated heterocycles. The van der Waals surface area contributed by atoms with Gasteiger partial charge in [0.1, 0.15) is 11.6 Å². The van der Waals surface area contributed by atoms with Gasteiger partial charge in [0.25, 0.3) is 0 Å². The molecule has 4 heteroatoms. The van der Waals surface area contributed by atoms with Crippen molar-refractivity contribution in [1.82, 2.24) is 0 Å². The summed E-state index contributed by atoms with van der Waals surface area (Å²) in [7, 11) is 1.64. The first-order valence-corrected chi connectivity index (χ1v) is 6.13. The number of halogens is 1. The highest BCUT2D eigenvalue weighted by Crippen LogP contribution is 2.28. The van der Waals surface area contributed by atoms with Gasteiger partial charge < -0.3 is 15.8 Å². The van der Waals surface area contributed by atoms with Crippen molar-refractivity contribution in [2.24, 2.45) is 0 Å². The second kappa shape index (κ2) is 5.61. The zero-order chi connectivity index (χ0) is 13.8. The third kappa shape index (κ3) is 2.96. The maximum absolute atomic E-state index is 13.2. The van der Waals surface area contributed by atoms with Crippen LogP contribution in [0.4, 0.5) is 21.5 Å². The van der Waals surface area contributed by atoms with E-state index in [1.54, 1.807) is 13.2 Å². The molecular weight excluding hydrogens is 243 g/mol. The molecule has 0 spiro atoms. The summed E-state index contributed by atoms with van der Waals surface area (Å²) in [4.78, 5) is 0. The van der Waals surface area contributed by atoms with Gasteiger partial charge in [0.15, 0.2) is 0 Å². The number of anilines is 3. The van der Waals surface area contributed by atoms with Crippen molar-refractivity contribution in [1.29, 1.82) is 0 Å². The van der Waals surface area contributed by atoms with E-state index < -0.39 is 0 Å². The molecule has 0 heterocycles. The predicted octanol–water partition coefficient (Wildman–Crippen LogP) is 3.72. The van der Waals surface area contributed by atoms with E-state index in [9.17, 15) is 4.39 Å². The van der Waals surface area contributed by atoms with E-state index in [2.05, 4.69) is 12.2 Å². The lowest BCUT2D eigenvalue weighted by Gasteiger charge is -2.12. The van der Waals surface area contributed by atoms with Crippen molar-refractivity contribution >= 4 is 17.1 Å². The van der Waals surface area contributed by atoms with Crippen LogP contribution in [0.25, 0.3) is 0 Å². The maximum atomic E-state index is 13.2. The number of nitrogen functional groups attached to an aromatic ring is 1. The molecule has 0 fully saturated rings. The largest absolute Gasteiger partial charge is 0.496 e. The van der Waals surface area contributed by atoms with E-state index in [4.69, 9.17) is 10.5 Å². The van der Waals surface area contributed by atoms with Crippen LogP contribution in [0.5, 0.6) is 5.75 Å². The molecule has 2 rings (SSSR count). The van der Waals surface area contributed by atoms with E-state index in [0.29, 0.717) is 11.4 Å². The molecule has 0 saturated carbocycles. The molecule has 0 amide bonds. The third-order valence-electron chi connectivity index (χ3n) is 2.96. The summed E-state index contributed by atoms with van der Waals surface area (Å²) in [5.41, 5.74) is 8.82. The van der Waals surface area contributed by atoms with Crippen molar-refractivity contribution in [3.05, 3.63) is 47.8 Å². The normalized spacial score (nSPS) is 10.3. The number of methoxy groups -OCH3 is 1. The number of ether oxygens (including phenoxy) is 1. The van der Waals surface area contributed by atoms with Gasteiger partial charge in [-0.3, -0.25) is 0 Å². The van der Waals surface area contributed by atoms with Crippen molar-refractivity contribution in [2.75, 3.05) is 18.2 Å². The third-order valence-corrected chi connectivity index (χ3v) is 2.96. The molecule has 0 aromatic heterocycles. The standard InChI is InChI=1S/C15H17FN2O/c1-3-10-8-12(5-7-15(10)19-2)18-14-9-11(16)4-6-13(14)17/h4-9,18H,3,17H2,1-2H3. The van der Waals surface area contributed by atoms with Crippen molar-refractivity contribution in [3.63, 3.8) is 0 Å². The highest BCUT2D eigenvalue weighted by Gasteiger charge is 2.05. The van der Waals surface area contributed by atoms with E-state index in [1.165, 1.54) is 12.1 Å². The van der Waals surface area contributed by atoms with Gasteiger partial charge in [-0.2, -0.15) is 0 Å². The average Bonchev–Trinajstić information content (AvgIpc) is 2.42. The van der Waals surface area contributed by atoms with E-state index >= 15 is 0 Å². The topological polar surface area (TPSA) is 47.3 Å². The maximum Gasteiger partial charge on any atom is 0.125 e. The Balaban J connectivity index is 2.30. The Morgan fingerprint density at radius 2 is 2.00 bits per heavy atom. The molecule has 0 aliphatic rings. The summed E-state index contributed by atoms with van der Waals surface area (Å²) in [6, 6.07) is 10.0. The summed E-state index contributed by atoms with van der Waals surface area (Å²) in [6.45, 7) is 2.05. The van der Waals surface area contributed by atoms with E-state index in [-0.39, 0.29) is 5.82 Å². The first-order valence-electron chi connectivity index (χ1n) is 6.13. The van der Waals surface area contributed by atoms with E-state index in [0.717, 1.165) is 23.4 Å². The number of rotatable bonds is 4. The Hall–Kier alpha value is -2.23. The summed E-state index contributed by atoms with van der Waals surface area (Å²) in [5.74, 6) is 0.529. The molecule has 19 heavy (non-hydrogen) atoms. The van der Waals surface area contributed by atoms with Gasteiger partial charge in [0.2, 0.25) is 0 Å². The van der Waals surface area contributed by atoms with Crippen LogP contribution in [0.1, 0.15) is 12.5 Å². The predicted molar refractivity (Wildman–Crippen MR) is 76.5 cm³/mol. The van der Waals surface area contributed by atoms with Gasteiger partial charge in [0, 0.05) is 5.69 Å². The van der Waals surface area contributed by atoms with Gasteiger partial charge in [-0.25, -0.2) is 4.39 Å². The van der Waals surface area contributed by atoms with E-state index in [1.807, 2.05) is 18.2 Å². The van der Waals surface area contributed by atoms with Crippen LogP contribution in [0, 0.1) is 5.82 Å². The second-order valence-electron chi connectivity index (χ2n) is 4.24. The molecule has 0 aliphatic heterocycles. The fraction of sp³-hybridized carbons (Fsp3) is 0.200. The molecule has 100 valence electrons. The summed E-state index contributed by atoms with van der Waals surface area (Å²) >= 11 is 0. The molecule has 0 unspecified atom stereocenters. The lowest BCUT2D eigenvalue weighted by molar-refractivity contribution is 0.410. The Bertz CT molecular complexity index is 584. The first-order chi connectivity index (χ1) is 9.13. The Kier molecular flexibility index (Phi) is 3.90. The van der Waals surface area contributed by atoms with Gasteiger partial charge in [-0.15, -0.1) is 0 Å². The first kappa shape index (κ1) is 13.2. The SMILES string of the molecule is CCc1cc(Nc2cc(F)ccc2N)ccc1OC. The zero-order valence-electron chi connectivity index (χ0n) is 11.0. The Morgan fingerprint density at radius 1 is 1.21 bits per heavy atom. The van der Waals surface area contributed by atoms with Crippen LogP contribution in [0.2, 0.25) is 0 Å². The monoisotopic (exact) mass is 260 g/mol. The number of hydrogen-bond acceptors (Lipinski definition) is 3. The smallest absolute Gasteiger partial charge is 0.125 e. The van der Waals surface area contributed by atoms with Gasteiger partial charge >= 0.3 is 0 Å². The van der Waals surface area contributed by atoms with Crippen LogP contribution in [-0.2, 0) is 6.42 Å². The van der Waals surface area contributed by atoms with Crippen LogP contribution in [-0.4, -0.2) is 7.11 Å². The van der Waals surface area contributed by atoms with Crippen molar-refractivity contribution in [3.8, 4) is 5.75 Å². The Morgan fingerprint density at radius 3 is 2.68 bits per heavy atom.